The lowest BCUT2D eigenvalue weighted by Gasteiger charge is -2.20. The number of hydrogen-bond acceptors (Lipinski definition) is 6. The fraction of sp³-hybridized carbons (Fsp3) is 0.273. The lowest BCUT2D eigenvalue weighted by Crippen LogP contribution is -2.29. The van der Waals surface area contributed by atoms with Crippen LogP contribution in [-0.4, -0.2) is 17.6 Å². The summed E-state index contributed by atoms with van der Waals surface area (Å²) in [7, 11) is 3.07. The molecule has 42 heavy (non-hydrogen) atoms. The average Bonchev–Trinajstić information content (AvgIpc) is 3.00. The number of hydrogen-bond donors (Lipinski definition) is 3. The maximum atomic E-state index is 14.8. The summed E-state index contributed by atoms with van der Waals surface area (Å²) in [4.78, 5) is 26.6. The Morgan fingerprint density at radius 2 is 1.62 bits per heavy atom. The van der Waals surface area contributed by atoms with E-state index >= 15 is 0 Å². The molecule has 8 nitrogen and oxygen atoms in total. The van der Waals surface area contributed by atoms with E-state index in [0.29, 0.717) is 22.7 Å². The van der Waals surface area contributed by atoms with Crippen LogP contribution in [0.4, 0.5) is 21.6 Å². The Kier molecular flexibility index (Phi) is 12.6. The van der Waals surface area contributed by atoms with Crippen LogP contribution in [0.1, 0.15) is 54.7 Å². The van der Waals surface area contributed by atoms with Crippen LogP contribution in [0.3, 0.4) is 0 Å². The van der Waals surface area contributed by atoms with Crippen LogP contribution in [0.5, 0.6) is 17.2 Å². The summed E-state index contributed by atoms with van der Waals surface area (Å²) < 4.78 is 27.3. The maximum absolute atomic E-state index is 14.8. The zero-order valence-corrected chi connectivity index (χ0v) is 25.6. The Morgan fingerprint density at radius 3 is 2.24 bits per heavy atom. The first-order valence-corrected chi connectivity index (χ1v) is 13.9. The van der Waals surface area contributed by atoms with Crippen molar-refractivity contribution in [1.82, 2.24) is 9.88 Å². The van der Waals surface area contributed by atoms with Gasteiger partial charge >= 0.3 is 0 Å². The number of nitrogens with zero attached hydrogens (tertiary/aromatic N) is 1. The number of aromatic nitrogens is 1. The fourth-order valence-corrected chi connectivity index (χ4v) is 3.85. The molecular weight excluding hydrogens is 535 g/mol. The summed E-state index contributed by atoms with van der Waals surface area (Å²) in [5, 5.41) is 5.80. The zero-order valence-electron chi connectivity index (χ0n) is 25.6. The van der Waals surface area contributed by atoms with Crippen LogP contribution in [0.25, 0.3) is 0 Å². The lowest BCUT2D eigenvalue weighted by molar-refractivity contribution is 0.0948. The van der Waals surface area contributed by atoms with Crippen molar-refractivity contribution in [3.63, 3.8) is 0 Å². The number of aryl methyl sites for hydroxylation is 1. The maximum Gasteiger partial charge on any atom is 0.259 e. The predicted octanol–water partition coefficient (Wildman–Crippen LogP) is 7.25. The number of carbonyl (C=O) groups excluding carboxylic acids is 1. The van der Waals surface area contributed by atoms with Gasteiger partial charge in [-0.2, -0.15) is 0 Å². The molecule has 1 amide bonds. The Labute approximate surface area is 247 Å². The van der Waals surface area contributed by atoms with Crippen molar-refractivity contribution in [3.05, 3.63) is 105 Å². The largest absolute Gasteiger partial charge is 0.497 e. The molecule has 0 aliphatic rings. The molecule has 3 aromatic carbocycles. The number of halogens is 1. The smallest absolute Gasteiger partial charge is 0.259 e. The van der Waals surface area contributed by atoms with Gasteiger partial charge in [0.05, 0.1) is 12.8 Å². The highest BCUT2D eigenvalue weighted by molar-refractivity contribution is 6.02. The first kappa shape index (κ1) is 33.4. The molecule has 0 unspecified atom stereocenters. The number of nitrogen functional groups attached to an aromatic ring is 1. The molecule has 224 valence electrons. The molecule has 4 rings (SSSR count). The van der Waals surface area contributed by atoms with Gasteiger partial charge in [0, 0.05) is 30.9 Å². The SMILES string of the molecule is CC.CC.COc1ccc(CNC(=O)c2c(Oc3cccc(N)c3C)cc(=O)n(C)c2Nc2ccc(C)cc2F)cc1. The number of methoxy groups -OCH3 is 1. The molecule has 1 aromatic heterocycles. The van der Waals surface area contributed by atoms with Gasteiger partial charge < -0.3 is 25.8 Å². The van der Waals surface area contributed by atoms with Crippen molar-refractivity contribution in [2.24, 2.45) is 7.05 Å². The van der Waals surface area contributed by atoms with Crippen molar-refractivity contribution < 1.29 is 18.7 Å². The third-order valence-corrected chi connectivity index (χ3v) is 6.17. The van der Waals surface area contributed by atoms with E-state index in [1.807, 2.05) is 39.8 Å². The van der Waals surface area contributed by atoms with E-state index in [4.69, 9.17) is 15.2 Å². The van der Waals surface area contributed by atoms with Gasteiger partial charge in [-0.1, -0.05) is 52.0 Å². The lowest BCUT2D eigenvalue weighted by atomic mass is 10.1. The van der Waals surface area contributed by atoms with E-state index in [9.17, 15) is 14.0 Å². The van der Waals surface area contributed by atoms with Gasteiger partial charge in [-0.3, -0.25) is 14.2 Å². The van der Waals surface area contributed by atoms with Crippen molar-refractivity contribution >= 4 is 23.1 Å². The van der Waals surface area contributed by atoms with E-state index in [1.54, 1.807) is 63.4 Å². The highest BCUT2D eigenvalue weighted by atomic mass is 19.1. The molecule has 0 radical (unpaired) electrons. The second kappa shape index (κ2) is 15.9. The molecule has 0 saturated heterocycles. The molecule has 0 bridgehead atoms. The van der Waals surface area contributed by atoms with Gasteiger partial charge in [0.1, 0.15) is 34.4 Å². The highest BCUT2D eigenvalue weighted by Crippen LogP contribution is 2.34. The number of amides is 1. The summed E-state index contributed by atoms with van der Waals surface area (Å²) in [6.07, 6.45) is 0. The third kappa shape index (κ3) is 8.13. The number of pyridine rings is 1. The average molecular weight is 577 g/mol. The van der Waals surface area contributed by atoms with E-state index in [-0.39, 0.29) is 29.4 Å². The van der Waals surface area contributed by atoms with E-state index in [0.717, 1.165) is 11.1 Å². The standard InChI is InChI=1S/C29H29FN4O4.2C2H6/c1-17-8-13-23(21(30)14-17)33-28-27(29(36)32-16-19-9-11-20(37-4)12-10-19)25(15-26(35)34(28)3)38-24-7-5-6-22(31)18(24)2;2*1-2/h5-15,33H,16,31H2,1-4H3,(H,32,36);2*1-2H3. The van der Waals surface area contributed by atoms with Crippen LogP contribution in [0.2, 0.25) is 0 Å². The Bertz CT molecular complexity index is 1550. The predicted molar refractivity (Wildman–Crippen MR) is 169 cm³/mol. The zero-order chi connectivity index (χ0) is 31.4. The van der Waals surface area contributed by atoms with Gasteiger partial charge in [-0.05, 0) is 61.4 Å². The quantitative estimate of drug-likeness (QED) is 0.191. The van der Waals surface area contributed by atoms with E-state index in [2.05, 4.69) is 10.6 Å². The van der Waals surface area contributed by atoms with Gasteiger partial charge in [0.25, 0.3) is 11.5 Å². The molecule has 0 fully saturated rings. The second-order valence-electron chi connectivity index (χ2n) is 8.84. The van der Waals surface area contributed by atoms with Crippen molar-refractivity contribution in [2.75, 3.05) is 18.2 Å². The molecule has 0 aliphatic heterocycles. The fourth-order valence-electron chi connectivity index (χ4n) is 3.85. The number of nitrogens with two attached hydrogens (primary N) is 1. The Morgan fingerprint density at radius 1 is 0.952 bits per heavy atom. The van der Waals surface area contributed by atoms with E-state index < -0.39 is 17.3 Å². The van der Waals surface area contributed by atoms with Crippen LogP contribution in [-0.2, 0) is 13.6 Å². The molecule has 1 heterocycles. The van der Waals surface area contributed by atoms with Crippen molar-refractivity contribution in [2.45, 2.75) is 48.1 Å². The molecule has 0 spiro atoms. The highest BCUT2D eigenvalue weighted by Gasteiger charge is 2.24. The van der Waals surface area contributed by atoms with Crippen LogP contribution >= 0.6 is 0 Å². The molecule has 9 heteroatoms. The van der Waals surface area contributed by atoms with Crippen molar-refractivity contribution in [1.29, 1.82) is 0 Å². The monoisotopic (exact) mass is 576 g/mol. The van der Waals surface area contributed by atoms with Crippen LogP contribution in [0.15, 0.2) is 71.5 Å². The number of benzene rings is 3. The summed E-state index contributed by atoms with van der Waals surface area (Å²) >= 11 is 0. The van der Waals surface area contributed by atoms with E-state index in [1.165, 1.54) is 23.7 Å². The van der Waals surface area contributed by atoms with Gasteiger partial charge in [-0.15, -0.1) is 0 Å². The second-order valence-corrected chi connectivity index (χ2v) is 8.84. The first-order valence-electron chi connectivity index (χ1n) is 13.9. The molecule has 0 aliphatic carbocycles. The Balaban J connectivity index is 0.00000148. The summed E-state index contributed by atoms with van der Waals surface area (Å²) in [5.74, 6) is 0.101. The minimum absolute atomic E-state index is 0.00375. The molecule has 4 aromatic rings. The van der Waals surface area contributed by atoms with Gasteiger partial charge in [0.15, 0.2) is 0 Å². The number of carbonyl (C=O) groups is 1. The minimum Gasteiger partial charge on any atom is -0.497 e. The summed E-state index contributed by atoms with van der Waals surface area (Å²) in [6, 6.07) is 18.2. The molecule has 0 atom stereocenters. The third-order valence-electron chi connectivity index (χ3n) is 6.17. The normalized spacial score (nSPS) is 9.93. The Hall–Kier alpha value is -4.79. The molecule has 0 saturated carbocycles. The number of rotatable bonds is 8. The van der Waals surface area contributed by atoms with Crippen molar-refractivity contribution in [3.8, 4) is 17.2 Å². The number of ether oxygens (including phenoxy) is 2. The summed E-state index contributed by atoms with van der Waals surface area (Å²) in [5.41, 5.74) is 8.42. The molecular formula is C33H41FN4O4. The number of anilines is 3. The van der Waals surface area contributed by atoms with Gasteiger partial charge in [0.2, 0.25) is 0 Å². The summed E-state index contributed by atoms with van der Waals surface area (Å²) in [6.45, 7) is 11.7. The minimum atomic E-state index is -0.528. The topological polar surface area (TPSA) is 108 Å². The van der Waals surface area contributed by atoms with Crippen LogP contribution in [0, 0.1) is 19.7 Å². The van der Waals surface area contributed by atoms with Gasteiger partial charge in [-0.25, -0.2) is 4.39 Å². The molecule has 4 N–H and O–H groups in total. The number of nitrogens with one attached hydrogen (secondary N) is 2. The first-order chi connectivity index (χ1) is 20.2. The van der Waals surface area contributed by atoms with Crippen LogP contribution < -0.4 is 31.4 Å².